The van der Waals surface area contributed by atoms with Crippen molar-refractivity contribution >= 4 is 29.2 Å². The zero-order chi connectivity index (χ0) is 13.8. The van der Waals surface area contributed by atoms with E-state index in [9.17, 15) is 9.59 Å². The lowest BCUT2D eigenvalue weighted by atomic mass is 10.3. The van der Waals surface area contributed by atoms with E-state index in [4.69, 9.17) is 17.4 Å². The molecule has 3 amide bonds. The van der Waals surface area contributed by atoms with Crippen molar-refractivity contribution in [3.8, 4) is 0 Å². The van der Waals surface area contributed by atoms with Crippen molar-refractivity contribution in [1.82, 2.24) is 9.91 Å². The molecule has 0 radical (unpaired) electrons. The van der Waals surface area contributed by atoms with Crippen molar-refractivity contribution in [3.63, 3.8) is 0 Å². The van der Waals surface area contributed by atoms with Crippen LogP contribution in [-0.4, -0.2) is 41.5 Å². The molecule has 0 unspecified atom stereocenters. The van der Waals surface area contributed by atoms with Gasteiger partial charge < -0.3 is 10.2 Å². The van der Waals surface area contributed by atoms with Crippen molar-refractivity contribution in [2.45, 2.75) is 6.42 Å². The third kappa shape index (κ3) is 3.59. The molecule has 102 valence electrons. The van der Waals surface area contributed by atoms with E-state index in [1.54, 1.807) is 24.3 Å². The summed E-state index contributed by atoms with van der Waals surface area (Å²) in [5, 5.41) is 4.35. The maximum absolute atomic E-state index is 11.8. The molecule has 0 bridgehead atoms. The monoisotopic (exact) mass is 282 g/mol. The fourth-order valence-corrected chi connectivity index (χ4v) is 2.08. The summed E-state index contributed by atoms with van der Waals surface area (Å²) < 4.78 is 0. The molecule has 1 heterocycles. The molecule has 1 fully saturated rings. The molecule has 1 aliphatic rings. The number of nitrogens with one attached hydrogen (secondary N) is 1. The average Bonchev–Trinajstić information content (AvgIpc) is 2.35. The van der Waals surface area contributed by atoms with Gasteiger partial charge in [0.05, 0.1) is 0 Å². The van der Waals surface area contributed by atoms with Crippen molar-refractivity contribution in [1.29, 1.82) is 0 Å². The third-order valence-corrected chi connectivity index (χ3v) is 3.02. The minimum absolute atomic E-state index is 0.0148. The first-order valence-corrected chi connectivity index (χ1v) is 6.30. The Hall–Kier alpha value is -1.79. The van der Waals surface area contributed by atoms with E-state index < -0.39 is 0 Å². The summed E-state index contributed by atoms with van der Waals surface area (Å²) in [6.07, 6.45) is 0.757. The molecular weight excluding hydrogens is 268 g/mol. The van der Waals surface area contributed by atoms with Gasteiger partial charge in [0.25, 0.3) is 0 Å². The molecule has 2 rings (SSSR count). The summed E-state index contributed by atoms with van der Waals surface area (Å²) in [5.41, 5.74) is 0.603. The quantitative estimate of drug-likeness (QED) is 0.647. The van der Waals surface area contributed by atoms with Crippen molar-refractivity contribution in [2.24, 2.45) is 5.84 Å². The van der Waals surface area contributed by atoms with Gasteiger partial charge in [-0.25, -0.2) is 10.6 Å². The highest BCUT2D eigenvalue weighted by molar-refractivity contribution is 6.30. The number of hydrazine groups is 1. The number of rotatable bonds is 3. The smallest absolute Gasteiger partial charge is 0.324 e. The fourth-order valence-electron chi connectivity index (χ4n) is 1.89. The van der Waals surface area contributed by atoms with Gasteiger partial charge in [-0.3, -0.25) is 9.80 Å². The standard InChI is InChI=1S/C12H15ClN4O2/c13-9-3-1-4-10(7-9)15-11(18)8-16-5-2-6-17(14)12(16)19/h1,3-4,7H,2,5-6,8,14H2,(H,15,18). The van der Waals surface area contributed by atoms with Crippen LogP contribution in [0.4, 0.5) is 10.5 Å². The molecule has 0 atom stereocenters. The zero-order valence-corrected chi connectivity index (χ0v) is 11.1. The average molecular weight is 283 g/mol. The summed E-state index contributed by atoms with van der Waals surface area (Å²) in [4.78, 5) is 24.9. The van der Waals surface area contributed by atoms with Crippen molar-refractivity contribution < 1.29 is 9.59 Å². The van der Waals surface area contributed by atoms with Gasteiger partial charge in [-0.15, -0.1) is 0 Å². The Bertz CT molecular complexity index is 494. The molecule has 0 saturated carbocycles. The number of urea groups is 1. The van der Waals surface area contributed by atoms with Crippen LogP contribution in [0.15, 0.2) is 24.3 Å². The molecule has 0 aromatic heterocycles. The van der Waals surface area contributed by atoms with Gasteiger partial charge in [0, 0.05) is 23.8 Å². The zero-order valence-electron chi connectivity index (χ0n) is 10.3. The van der Waals surface area contributed by atoms with E-state index in [1.807, 2.05) is 0 Å². The fraction of sp³-hybridized carbons (Fsp3) is 0.333. The second-order valence-electron chi connectivity index (χ2n) is 4.31. The lowest BCUT2D eigenvalue weighted by Crippen LogP contribution is -2.54. The van der Waals surface area contributed by atoms with Crippen LogP contribution in [-0.2, 0) is 4.79 Å². The van der Waals surface area contributed by atoms with E-state index >= 15 is 0 Å². The first-order valence-electron chi connectivity index (χ1n) is 5.93. The summed E-state index contributed by atoms with van der Waals surface area (Å²) in [7, 11) is 0. The van der Waals surface area contributed by atoms with Crippen LogP contribution in [0.5, 0.6) is 0 Å². The van der Waals surface area contributed by atoms with Crippen LogP contribution in [0.2, 0.25) is 5.02 Å². The highest BCUT2D eigenvalue weighted by Gasteiger charge is 2.24. The number of benzene rings is 1. The minimum Gasteiger partial charge on any atom is -0.324 e. The molecule has 0 spiro atoms. The molecule has 1 aromatic carbocycles. The van der Waals surface area contributed by atoms with E-state index in [-0.39, 0.29) is 18.5 Å². The Morgan fingerprint density at radius 2 is 2.21 bits per heavy atom. The summed E-state index contributed by atoms with van der Waals surface area (Å²) in [6, 6.07) is 6.51. The Morgan fingerprint density at radius 1 is 1.42 bits per heavy atom. The molecule has 1 saturated heterocycles. The number of hydrogen-bond donors (Lipinski definition) is 2. The highest BCUT2D eigenvalue weighted by atomic mass is 35.5. The Kier molecular flexibility index (Phi) is 4.24. The maximum atomic E-state index is 11.8. The molecule has 19 heavy (non-hydrogen) atoms. The first-order chi connectivity index (χ1) is 9.06. The van der Waals surface area contributed by atoms with Crippen LogP contribution in [0.3, 0.4) is 0 Å². The largest absolute Gasteiger partial charge is 0.334 e. The number of carbonyl (C=O) groups excluding carboxylic acids is 2. The molecule has 1 aromatic rings. The van der Waals surface area contributed by atoms with Gasteiger partial charge in [-0.05, 0) is 24.6 Å². The number of anilines is 1. The van der Waals surface area contributed by atoms with Crippen molar-refractivity contribution in [2.75, 3.05) is 25.0 Å². The van der Waals surface area contributed by atoms with Gasteiger partial charge in [0.15, 0.2) is 0 Å². The van der Waals surface area contributed by atoms with E-state index in [0.29, 0.717) is 23.8 Å². The number of amides is 3. The lowest BCUT2D eigenvalue weighted by Gasteiger charge is -2.32. The topological polar surface area (TPSA) is 78.7 Å². The lowest BCUT2D eigenvalue weighted by molar-refractivity contribution is -0.117. The van der Waals surface area contributed by atoms with Gasteiger partial charge in [0.2, 0.25) is 5.91 Å². The Morgan fingerprint density at radius 3 is 2.95 bits per heavy atom. The molecule has 3 N–H and O–H groups in total. The van der Waals surface area contributed by atoms with E-state index in [0.717, 1.165) is 11.4 Å². The summed E-state index contributed by atoms with van der Waals surface area (Å²) >= 11 is 5.82. The molecule has 7 heteroatoms. The third-order valence-electron chi connectivity index (χ3n) is 2.79. The highest BCUT2D eigenvalue weighted by Crippen LogP contribution is 2.15. The van der Waals surface area contributed by atoms with Crippen LogP contribution in [0.25, 0.3) is 0 Å². The van der Waals surface area contributed by atoms with Crippen LogP contribution < -0.4 is 11.2 Å². The predicted molar refractivity (Wildman–Crippen MR) is 72.6 cm³/mol. The summed E-state index contributed by atoms with van der Waals surface area (Å²) in [5.74, 6) is 5.24. The summed E-state index contributed by atoms with van der Waals surface area (Å²) in [6.45, 7) is 1.04. The number of hydrogen-bond acceptors (Lipinski definition) is 3. The first kappa shape index (κ1) is 13.6. The second kappa shape index (κ2) is 5.90. The minimum atomic E-state index is -0.326. The van der Waals surface area contributed by atoms with Gasteiger partial charge in [0.1, 0.15) is 6.54 Å². The normalized spacial score (nSPS) is 15.6. The molecular formula is C12H15ClN4O2. The van der Waals surface area contributed by atoms with Gasteiger partial charge in [-0.2, -0.15) is 0 Å². The molecule has 1 aliphatic heterocycles. The number of halogens is 1. The Labute approximate surface area is 116 Å². The number of carbonyl (C=O) groups is 2. The van der Waals surface area contributed by atoms with Crippen LogP contribution in [0, 0.1) is 0 Å². The second-order valence-corrected chi connectivity index (χ2v) is 4.75. The number of nitrogens with two attached hydrogens (primary N) is 1. The van der Waals surface area contributed by atoms with Crippen LogP contribution in [0.1, 0.15) is 6.42 Å². The molecule has 6 nitrogen and oxygen atoms in total. The van der Waals surface area contributed by atoms with Crippen LogP contribution >= 0.6 is 11.6 Å². The number of nitrogens with zero attached hydrogens (tertiary/aromatic N) is 2. The predicted octanol–water partition coefficient (Wildman–Crippen LogP) is 1.28. The maximum Gasteiger partial charge on any atom is 0.334 e. The van der Waals surface area contributed by atoms with Gasteiger partial charge >= 0.3 is 6.03 Å². The van der Waals surface area contributed by atoms with E-state index in [2.05, 4.69) is 5.32 Å². The Balaban J connectivity index is 1.92. The molecule has 0 aliphatic carbocycles. The van der Waals surface area contributed by atoms with Crippen molar-refractivity contribution in [3.05, 3.63) is 29.3 Å². The van der Waals surface area contributed by atoms with E-state index in [1.165, 1.54) is 4.90 Å². The van der Waals surface area contributed by atoms with Gasteiger partial charge in [-0.1, -0.05) is 17.7 Å². The SMILES string of the molecule is NN1CCCN(CC(=O)Nc2cccc(Cl)c2)C1=O.